The monoisotopic (exact) mass is 247 g/mol. The quantitative estimate of drug-likeness (QED) is 0.689. The fraction of sp³-hybridized carbons (Fsp3) is 0.562. The third kappa shape index (κ3) is 3.67. The van der Waals surface area contributed by atoms with Crippen LogP contribution in [-0.2, 0) is 10.2 Å². The lowest BCUT2D eigenvalue weighted by Gasteiger charge is -2.34. The van der Waals surface area contributed by atoms with Crippen molar-refractivity contribution < 1.29 is 4.79 Å². The van der Waals surface area contributed by atoms with Crippen molar-refractivity contribution in [2.45, 2.75) is 45.6 Å². The van der Waals surface area contributed by atoms with Gasteiger partial charge in [0.1, 0.15) is 6.29 Å². The first-order chi connectivity index (χ1) is 8.53. The Bertz CT molecular complexity index is 361. The third-order valence-electron chi connectivity index (χ3n) is 3.47. The van der Waals surface area contributed by atoms with Crippen LogP contribution in [0.5, 0.6) is 0 Å². The lowest BCUT2D eigenvalue weighted by atomic mass is 9.83. The fourth-order valence-corrected chi connectivity index (χ4v) is 2.24. The van der Waals surface area contributed by atoms with Crippen molar-refractivity contribution >= 4 is 6.29 Å². The number of aldehydes is 1. The van der Waals surface area contributed by atoms with Crippen molar-refractivity contribution in [2.24, 2.45) is 0 Å². The molecule has 18 heavy (non-hydrogen) atoms. The van der Waals surface area contributed by atoms with E-state index < -0.39 is 5.41 Å². The smallest absolute Gasteiger partial charge is 0.131 e. The van der Waals surface area contributed by atoms with E-state index in [1.165, 1.54) is 0 Å². The molecule has 0 bridgehead atoms. The molecule has 0 spiro atoms. The number of carbonyl (C=O) groups is 1. The molecular formula is C16H25NO. The first-order valence-electron chi connectivity index (χ1n) is 6.79. The van der Waals surface area contributed by atoms with Gasteiger partial charge in [-0.25, -0.2) is 0 Å². The van der Waals surface area contributed by atoms with Gasteiger partial charge in [0.05, 0.1) is 5.41 Å². The van der Waals surface area contributed by atoms with E-state index in [1.54, 1.807) is 0 Å². The molecule has 0 aliphatic rings. The van der Waals surface area contributed by atoms with Crippen molar-refractivity contribution in [1.29, 1.82) is 0 Å². The molecule has 0 radical (unpaired) electrons. The average Bonchev–Trinajstić information content (AvgIpc) is 2.39. The largest absolute Gasteiger partial charge is 0.302 e. The Morgan fingerprint density at radius 1 is 1.28 bits per heavy atom. The van der Waals surface area contributed by atoms with E-state index in [9.17, 15) is 4.79 Å². The Kier molecular flexibility index (Phi) is 5.54. The Morgan fingerprint density at radius 3 is 2.33 bits per heavy atom. The highest BCUT2D eigenvalue weighted by molar-refractivity contribution is 5.68. The van der Waals surface area contributed by atoms with Gasteiger partial charge in [0.2, 0.25) is 0 Å². The molecule has 0 amide bonds. The second-order valence-electron chi connectivity index (χ2n) is 5.47. The molecule has 0 aromatic heterocycles. The molecule has 1 aromatic carbocycles. The van der Waals surface area contributed by atoms with Gasteiger partial charge in [0.25, 0.3) is 0 Å². The molecule has 0 N–H and O–H groups in total. The predicted molar refractivity (Wildman–Crippen MR) is 76.9 cm³/mol. The van der Waals surface area contributed by atoms with E-state index in [2.05, 4.69) is 25.7 Å². The molecule has 2 nitrogen and oxygen atoms in total. The van der Waals surface area contributed by atoms with E-state index in [0.29, 0.717) is 6.04 Å². The molecular weight excluding hydrogens is 222 g/mol. The highest BCUT2D eigenvalue weighted by Crippen LogP contribution is 2.23. The Balaban J connectivity index is 2.91. The molecule has 0 saturated carbocycles. The maximum absolute atomic E-state index is 11.6. The fourth-order valence-electron chi connectivity index (χ4n) is 2.24. The van der Waals surface area contributed by atoms with Crippen LogP contribution in [0, 0.1) is 0 Å². The van der Waals surface area contributed by atoms with Gasteiger partial charge < -0.3 is 4.79 Å². The van der Waals surface area contributed by atoms with Crippen LogP contribution < -0.4 is 0 Å². The van der Waals surface area contributed by atoms with Crippen LogP contribution in [0.15, 0.2) is 30.3 Å². The van der Waals surface area contributed by atoms with E-state index in [-0.39, 0.29) is 0 Å². The summed E-state index contributed by atoms with van der Waals surface area (Å²) in [7, 11) is 0. The summed E-state index contributed by atoms with van der Waals surface area (Å²) < 4.78 is 0. The zero-order valence-electron chi connectivity index (χ0n) is 12.0. The van der Waals surface area contributed by atoms with Gasteiger partial charge in [0, 0.05) is 12.6 Å². The van der Waals surface area contributed by atoms with Crippen LogP contribution in [0.4, 0.5) is 0 Å². The van der Waals surface area contributed by atoms with E-state index >= 15 is 0 Å². The first kappa shape index (κ1) is 14.9. The number of hydrogen-bond acceptors (Lipinski definition) is 2. The minimum Gasteiger partial charge on any atom is -0.302 e. The summed E-state index contributed by atoms with van der Waals surface area (Å²) in [6.07, 6.45) is 2.20. The second-order valence-corrected chi connectivity index (χ2v) is 5.47. The van der Waals surface area contributed by atoms with Crippen LogP contribution in [-0.4, -0.2) is 30.3 Å². The van der Waals surface area contributed by atoms with Crippen LogP contribution in [0.25, 0.3) is 0 Å². The van der Waals surface area contributed by atoms with Gasteiger partial charge in [-0.05, 0) is 39.3 Å². The molecule has 2 heteroatoms. The summed E-state index contributed by atoms with van der Waals surface area (Å²) in [5, 5.41) is 0. The van der Waals surface area contributed by atoms with E-state index in [1.807, 2.05) is 37.3 Å². The summed E-state index contributed by atoms with van der Waals surface area (Å²) >= 11 is 0. The summed E-state index contributed by atoms with van der Waals surface area (Å²) in [5.41, 5.74) is 0.683. The van der Waals surface area contributed by atoms with Crippen LogP contribution >= 0.6 is 0 Å². The first-order valence-corrected chi connectivity index (χ1v) is 6.79. The van der Waals surface area contributed by atoms with Crippen molar-refractivity contribution in [1.82, 2.24) is 4.90 Å². The van der Waals surface area contributed by atoms with Crippen LogP contribution in [0.3, 0.4) is 0 Å². The second kappa shape index (κ2) is 6.69. The van der Waals surface area contributed by atoms with Gasteiger partial charge in [-0.15, -0.1) is 0 Å². The highest BCUT2D eigenvalue weighted by Gasteiger charge is 2.29. The van der Waals surface area contributed by atoms with Crippen molar-refractivity contribution in [2.75, 3.05) is 13.1 Å². The van der Waals surface area contributed by atoms with Crippen LogP contribution in [0.1, 0.15) is 39.7 Å². The number of benzene rings is 1. The Labute approximate surface area is 111 Å². The number of hydrogen-bond donors (Lipinski definition) is 0. The van der Waals surface area contributed by atoms with Gasteiger partial charge in [0.15, 0.2) is 0 Å². The van der Waals surface area contributed by atoms with E-state index in [4.69, 9.17) is 0 Å². The molecule has 0 saturated heterocycles. The number of rotatable bonds is 7. The SMILES string of the molecule is CCCN(CC(C)(C=O)c1ccccc1)C(C)C. The van der Waals surface area contributed by atoms with Gasteiger partial charge in [-0.1, -0.05) is 37.3 Å². The lowest BCUT2D eigenvalue weighted by Crippen LogP contribution is -2.43. The van der Waals surface area contributed by atoms with Crippen LogP contribution in [0.2, 0.25) is 0 Å². The maximum atomic E-state index is 11.6. The molecule has 100 valence electrons. The minimum atomic E-state index is -0.416. The van der Waals surface area contributed by atoms with Crippen molar-refractivity contribution in [3.63, 3.8) is 0 Å². The average molecular weight is 247 g/mol. The molecule has 1 unspecified atom stereocenters. The summed E-state index contributed by atoms with van der Waals surface area (Å²) in [6, 6.07) is 10.5. The molecule has 1 atom stereocenters. The van der Waals surface area contributed by atoms with Gasteiger partial charge >= 0.3 is 0 Å². The zero-order chi connectivity index (χ0) is 13.6. The molecule has 0 aliphatic carbocycles. The Hall–Kier alpha value is -1.15. The topological polar surface area (TPSA) is 20.3 Å². The predicted octanol–water partition coefficient (Wildman–Crippen LogP) is 3.26. The number of carbonyl (C=O) groups excluding carboxylic acids is 1. The number of nitrogens with zero attached hydrogens (tertiary/aromatic N) is 1. The third-order valence-corrected chi connectivity index (χ3v) is 3.47. The zero-order valence-corrected chi connectivity index (χ0v) is 12.0. The minimum absolute atomic E-state index is 0.416. The summed E-state index contributed by atoms with van der Waals surface area (Å²) in [4.78, 5) is 13.9. The molecule has 1 rings (SSSR count). The summed E-state index contributed by atoms with van der Waals surface area (Å²) in [5.74, 6) is 0. The highest BCUT2D eigenvalue weighted by atomic mass is 16.1. The summed E-state index contributed by atoms with van der Waals surface area (Å²) in [6.45, 7) is 10.4. The van der Waals surface area contributed by atoms with E-state index in [0.717, 1.165) is 31.4 Å². The Morgan fingerprint density at radius 2 is 1.89 bits per heavy atom. The van der Waals surface area contributed by atoms with Crippen molar-refractivity contribution in [3.8, 4) is 0 Å². The molecule has 1 aromatic rings. The molecule has 0 fully saturated rings. The maximum Gasteiger partial charge on any atom is 0.131 e. The standard InChI is InChI=1S/C16H25NO/c1-5-11-17(14(2)3)12-16(4,13-18)15-9-7-6-8-10-15/h6-10,13-14H,5,11-12H2,1-4H3. The molecule has 0 heterocycles. The van der Waals surface area contributed by atoms with Gasteiger partial charge in [-0.3, -0.25) is 4.90 Å². The lowest BCUT2D eigenvalue weighted by molar-refractivity contribution is -0.113. The van der Waals surface area contributed by atoms with Gasteiger partial charge in [-0.2, -0.15) is 0 Å². The normalized spacial score (nSPS) is 14.8. The van der Waals surface area contributed by atoms with Crippen molar-refractivity contribution in [3.05, 3.63) is 35.9 Å². The molecule has 0 aliphatic heterocycles.